The number of carbonyl (C=O) groups excluding carboxylic acids is 1. The van der Waals surface area contributed by atoms with E-state index < -0.39 is 10.0 Å². The Morgan fingerprint density at radius 3 is 2.22 bits per heavy atom. The van der Waals surface area contributed by atoms with E-state index in [0.29, 0.717) is 5.56 Å². The van der Waals surface area contributed by atoms with E-state index in [-0.39, 0.29) is 10.7 Å². The van der Waals surface area contributed by atoms with Crippen molar-refractivity contribution in [3.63, 3.8) is 0 Å². The number of ketones is 1. The Balaban J connectivity index is 1.73. The van der Waals surface area contributed by atoms with Gasteiger partial charge in [-0.1, -0.05) is 30.3 Å². The lowest BCUT2D eigenvalue weighted by atomic mass is 10.1. The number of hydrogen-bond acceptors (Lipinski definition) is 4. The van der Waals surface area contributed by atoms with Crippen LogP contribution in [-0.2, 0) is 10.0 Å². The zero-order valence-corrected chi connectivity index (χ0v) is 16.6. The van der Waals surface area contributed by atoms with E-state index in [1.54, 1.807) is 17.4 Å². The van der Waals surface area contributed by atoms with Crippen molar-refractivity contribution in [1.29, 1.82) is 0 Å². The molecule has 4 nitrogen and oxygen atoms in total. The van der Waals surface area contributed by atoms with Crippen LogP contribution in [0.5, 0.6) is 0 Å². The van der Waals surface area contributed by atoms with Gasteiger partial charge in [0.25, 0.3) is 0 Å². The molecule has 0 saturated carbocycles. The third kappa shape index (κ3) is 4.42. The van der Waals surface area contributed by atoms with Crippen molar-refractivity contribution in [3.05, 3.63) is 83.2 Å². The van der Waals surface area contributed by atoms with Crippen LogP contribution in [-0.4, -0.2) is 32.6 Å². The lowest BCUT2D eigenvalue weighted by molar-refractivity contribution is 0.104. The molecule has 0 atom stereocenters. The van der Waals surface area contributed by atoms with Gasteiger partial charge in [0, 0.05) is 29.4 Å². The summed E-state index contributed by atoms with van der Waals surface area (Å²) in [4.78, 5) is 14.6. The van der Waals surface area contributed by atoms with Crippen LogP contribution in [0.25, 0.3) is 16.5 Å². The Kier molecular flexibility index (Phi) is 5.70. The van der Waals surface area contributed by atoms with Crippen LogP contribution < -0.4 is 0 Å². The standard InChI is InChI=1S/C21H19NO3S2/c1-22(2)27(24,25)19-12-8-16(9-13-19)20(23)14-10-18-11-15-21(26-18)17-6-4-3-5-7-17/h3-15H,1-2H3/b14-10+. The fraction of sp³-hybridized carbons (Fsp3) is 0.0952. The molecule has 3 aromatic rings. The molecule has 0 aliphatic heterocycles. The molecule has 0 saturated heterocycles. The molecule has 0 amide bonds. The van der Waals surface area contributed by atoms with Gasteiger partial charge in [0.1, 0.15) is 0 Å². The topological polar surface area (TPSA) is 54.5 Å². The number of allylic oxidation sites excluding steroid dienone is 1. The van der Waals surface area contributed by atoms with E-state index in [0.717, 1.165) is 19.6 Å². The summed E-state index contributed by atoms with van der Waals surface area (Å²) in [5, 5.41) is 0. The summed E-state index contributed by atoms with van der Waals surface area (Å²) in [6.45, 7) is 0. The molecule has 6 heteroatoms. The van der Waals surface area contributed by atoms with E-state index in [2.05, 4.69) is 0 Å². The molecule has 0 unspecified atom stereocenters. The van der Waals surface area contributed by atoms with Gasteiger partial charge in [-0.15, -0.1) is 11.3 Å². The highest BCUT2D eigenvalue weighted by molar-refractivity contribution is 7.89. The summed E-state index contributed by atoms with van der Waals surface area (Å²) >= 11 is 1.61. The fourth-order valence-electron chi connectivity index (χ4n) is 2.46. The average Bonchev–Trinajstić information content (AvgIpc) is 3.16. The van der Waals surface area contributed by atoms with Crippen LogP contribution in [0.15, 0.2) is 77.7 Å². The molecule has 0 N–H and O–H groups in total. The van der Waals surface area contributed by atoms with Gasteiger partial charge in [-0.05, 0) is 54.1 Å². The van der Waals surface area contributed by atoms with Crippen molar-refractivity contribution in [2.24, 2.45) is 0 Å². The summed E-state index contributed by atoms with van der Waals surface area (Å²) in [6.07, 6.45) is 3.29. The molecule has 2 aromatic carbocycles. The second-order valence-electron chi connectivity index (χ2n) is 6.08. The Labute approximate surface area is 163 Å². The lowest BCUT2D eigenvalue weighted by Crippen LogP contribution is -2.22. The Hall–Kier alpha value is -2.54. The van der Waals surface area contributed by atoms with Gasteiger partial charge in [-0.3, -0.25) is 4.79 Å². The molecule has 0 aliphatic rings. The van der Waals surface area contributed by atoms with Crippen LogP contribution in [0, 0.1) is 0 Å². The summed E-state index contributed by atoms with van der Waals surface area (Å²) < 4.78 is 25.3. The quantitative estimate of drug-likeness (QED) is 0.452. The van der Waals surface area contributed by atoms with E-state index in [9.17, 15) is 13.2 Å². The van der Waals surface area contributed by atoms with Crippen molar-refractivity contribution in [1.82, 2.24) is 4.31 Å². The molecule has 138 valence electrons. The molecular formula is C21H19NO3S2. The van der Waals surface area contributed by atoms with Gasteiger partial charge in [0.05, 0.1) is 4.90 Å². The summed E-state index contributed by atoms with van der Waals surface area (Å²) in [7, 11) is -0.544. The van der Waals surface area contributed by atoms with E-state index >= 15 is 0 Å². The molecule has 0 fully saturated rings. The van der Waals surface area contributed by atoms with Crippen molar-refractivity contribution in [2.75, 3.05) is 14.1 Å². The minimum Gasteiger partial charge on any atom is -0.289 e. The number of thiophene rings is 1. The van der Waals surface area contributed by atoms with Gasteiger partial charge in [0.15, 0.2) is 5.78 Å². The number of hydrogen-bond donors (Lipinski definition) is 0. The number of rotatable bonds is 6. The maximum atomic E-state index is 12.3. The third-order valence-electron chi connectivity index (χ3n) is 4.00. The fourth-order valence-corrected chi connectivity index (χ4v) is 4.27. The van der Waals surface area contributed by atoms with Crippen molar-refractivity contribution >= 4 is 33.2 Å². The maximum Gasteiger partial charge on any atom is 0.242 e. The minimum absolute atomic E-state index is 0.166. The van der Waals surface area contributed by atoms with E-state index in [4.69, 9.17) is 0 Å². The monoisotopic (exact) mass is 397 g/mol. The Bertz CT molecular complexity index is 1060. The predicted molar refractivity (Wildman–Crippen MR) is 110 cm³/mol. The highest BCUT2D eigenvalue weighted by atomic mass is 32.2. The molecule has 0 radical (unpaired) electrons. The smallest absolute Gasteiger partial charge is 0.242 e. The zero-order chi connectivity index (χ0) is 19.4. The van der Waals surface area contributed by atoms with Gasteiger partial charge in [0.2, 0.25) is 10.0 Å². The summed E-state index contributed by atoms with van der Waals surface area (Å²) in [5.41, 5.74) is 1.59. The predicted octanol–water partition coefficient (Wildman–Crippen LogP) is 4.56. The molecule has 1 aromatic heterocycles. The summed E-state index contributed by atoms with van der Waals surface area (Å²) in [6, 6.07) is 20.0. The summed E-state index contributed by atoms with van der Waals surface area (Å²) in [5.74, 6) is -0.168. The Morgan fingerprint density at radius 1 is 0.926 bits per heavy atom. The van der Waals surface area contributed by atoms with Crippen molar-refractivity contribution in [2.45, 2.75) is 4.90 Å². The van der Waals surface area contributed by atoms with Crippen LogP contribution >= 0.6 is 11.3 Å². The molecule has 0 aliphatic carbocycles. The van der Waals surface area contributed by atoms with Crippen LogP contribution in [0.4, 0.5) is 0 Å². The largest absolute Gasteiger partial charge is 0.289 e. The molecule has 0 spiro atoms. The maximum absolute atomic E-state index is 12.3. The normalized spacial score (nSPS) is 12.0. The molecule has 27 heavy (non-hydrogen) atoms. The molecule has 3 rings (SSSR count). The van der Waals surface area contributed by atoms with Crippen molar-refractivity contribution in [3.8, 4) is 10.4 Å². The Morgan fingerprint density at radius 2 is 1.59 bits per heavy atom. The first-order chi connectivity index (χ1) is 12.9. The van der Waals surface area contributed by atoms with Crippen LogP contribution in [0.1, 0.15) is 15.2 Å². The number of benzene rings is 2. The first-order valence-electron chi connectivity index (χ1n) is 8.28. The third-order valence-corrected chi connectivity index (χ3v) is 6.93. The first-order valence-corrected chi connectivity index (χ1v) is 10.5. The van der Waals surface area contributed by atoms with Crippen LogP contribution in [0.3, 0.4) is 0 Å². The molecular weight excluding hydrogens is 378 g/mol. The van der Waals surface area contributed by atoms with Crippen molar-refractivity contribution < 1.29 is 13.2 Å². The van der Waals surface area contributed by atoms with Gasteiger partial charge < -0.3 is 0 Å². The van der Waals surface area contributed by atoms with Crippen LogP contribution in [0.2, 0.25) is 0 Å². The van der Waals surface area contributed by atoms with Gasteiger partial charge in [-0.2, -0.15) is 0 Å². The number of sulfonamides is 1. The highest BCUT2D eigenvalue weighted by Gasteiger charge is 2.17. The second kappa shape index (κ2) is 8.00. The second-order valence-corrected chi connectivity index (χ2v) is 9.34. The number of nitrogens with zero attached hydrogens (tertiary/aromatic N) is 1. The zero-order valence-electron chi connectivity index (χ0n) is 15.0. The number of carbonyl (C=O) groups is 1. The SMILES string of the molecule is CN(C)S(=O)(=O)c1ccc(C(=O)/C=C/c2ccc(-c3ccccc3)s2)cc1. The van der Waals surface area contributed by atoms with Gasteiger partial charge in [-0.25, -0.2) is 12.7 Å². The van der Waals surface area contributed by atoms with E-state index in [1.807, 2.05) is 42.5 Å². The van der Waals surface area contributed by atoms with E-state index in [1.165, 1.54) is 44.4 Å². The lowest BCUT2D eigenvalue weighted by Gasteiger charge is -2.11. The minimum atomic E-state index is -3.49. The first kappa shape index (κ1) is 19.2. The average molecular weight is 398 g/mol. The highest BCUT2D eigenvalue weighted by Crippen LogP contribution is 2.28. The molecule has 0 bridgehead atoms. The van der Waals surface area contributed by atoms with Gasteiger partial charge >= 0.3 is 0 Å². The molecule has 1 heterocycles.